The second kappa shape index (κ2) is 4.45. The van der Waals surface area contributed by atoms with Crippen LogP contribution in [0.4, 0.5) is 0 Å². The molecule has 0 aliphatic rings. The van der Waals surface area contributed by atoms with Crippen molar-refractivity contribution in [1.82, 2.24) is 0 Å². The van der Waals surface area contributed by atoms with Gasteiger partial charge >= 0.3 is 0 Å². The molecule has 1 aromatic rings. The van der Waals surface area contributed by atoms with Gasteiger partial charge in [0.05, 0.1) is 0 Å². The molecule has 1 amide bonds. The molecule has 0 saturated heterocycles. The Hall–Kier alpha value is -1.57. The van der Waals surface area contributed by atoms with Gasteiger partial charge in [0.25, 0.3) is 0 Å². The number of allylic oxidation sites excluding steroid dienone is 1. The summed E-state index contributed by atoms with van der Waals surface area (Å²) in [6, 6.07) is 9.95. The Balaban J connectivity index is 2.62. The molecule has 0 aliphatic heterocycles. The number of carbonyl (C=O) groups is 1. The fraction of sp³-hybridized carbons (Fsp3) is 0.182. The number of amides is 1. The predicted molar refractivity (Wildman–Crippen MR) is 53.1 cm³/mol. The van der Waals surface area contributed by atoms with Crippen molar-refractivity contribution in [2.24, 2.45) is 5.73 Å². The Morgan fingerprint density at radius 2 is 2.00 bits per heavy atom. The van der Waals surface area contributed by atoms with E-state index in [4.69, 9.17) is 5.73 Å². The summed E-state index contributed by atoms with van der Waals surface area (Å²) in [5.41, 5.74) is 6.89. The second-order valence-electron chi connectivity index (χ2n) is 2.94. The lowest BCUT2D eigenvalue weighted by molar-refractivity contribution is -0.114. The lowest BCUT2D eigenvalue weighted by atomic mass is 10.1. The molecule has 0 radical (unpaired) electrons. The average molecular weight is 175 g/mol. The van der Waals surface area contributed by atoms with Crippen LogP contribution in [0.2, 0.25) is 0 Å². The minimum atomic E-state index is -0.351. The Morgan fingerprint density at radius 1 is 1.38 bits per heavy atom. The molecule has 0 saturated carbocycles. The fourth-order valence-electron chi connectivity index (χ4n) is 0.986. The predicted octanol–water partition coefficient (Wildman–Crippen LogP) is 1.66. The summed E-state index contributed by atoms with van der Waals surface area (Å²) < 4.78 is 0. The number of primary amides is 1. The summed E-state index contributed by atoms with van der Waals surface area (Å²) in [6.07, 6.45) is 2.60. The lowest BCUT2D eigenvalue weighted by Gasteiger charge is -1.96. The van der Waals surface area contributed by atoms with Gasteiger partial charge in [0.15, 0.2) is 0 Å². The highest BCUT2D eigenvalue weighted by Crippen LogP contribution is 2.02. The van der Waals surface area contributed by atoms with Gasteiger partial charge in [-0.1, -0.05) is 36.4 Å². The molecule has 0 heterocycles. The minimum absolute atomic E-state index is 0.351. The van der Waals surface area contributed by atoms with Crippen molar-refractivity contribution in [3.63, 3.8) is 0 Å². The van der Waals surface area contributed by atoms with E-state index in [0.717, 1.165) is 6.42 Å². The molecule has 2 nitrogen and oxygen atoms in total. The molecule has 1 rings (SSSR count). The number of carbonyl (C=O) groups excluding carboxylic acids is 1. The van der Waals surface area contributed by atoms with E-state index in [1.807, 2.05) is 36.4 Å². The average Bonchev–Trinajstić information content (AvgIpc) is 2.15. The zero-order valence-electron chi connectivity index (χ0n) is 7.66. The second-order valence-corrected chi connectivity index (χ2v) is 2.94. The SMILES string of the molecule is CC(=CCc1ccccc1)C(N)=O. The summed E-state index contributed by atoms with van der Waals surface area (Å²) in [5, 5.41) is 0. The largest absolute Gasteiger partial charge is 0.366 e. The van der Waals surface area contributed by atoms with E-state index in [1.54, 1.807) is 6.92 Å². The number of nitrogens with two attached hydrogens (primary N) is 1. The van der Waals surface area contributed by atoms with E-state index in [9.17, 15) is 4.79 Å². The van der Waals surface area contributed by atoms with Crippen LogP contribution >= 0.6 is 0 Å². The standard InChI is InChI=1S/C11H13NO/c1-9(11(12)13)7-8-10-5-3-2-4-6-10/h2-7H,8H2,1H3,(H2,12,13). The third-order valence-electron chi connectivity index (χ3n) is 1.88. The van der Waals surface area contributed by atoms with Crippen molar-refractivity contribution < 1.29 is 4.79 Å². The molecule has 0 spiro atoms. The van der Waals surface area contributed by atoms with Crippen molar-refractivity contribution >= 4 is 5.91 Å². The van der Waals surface area contributed by atoms with Gasteiger partial charge in [0.1, 0.15) is 0 Å². The molecule has 13 heavy (non-hydrogen) atoms. The van der Waals surface area contributed by atoms with Crippen molar-refractivity contribution in [2.45, 2.75) is 13.3 Å². The topological polar surface area (TPSA) is 43.1 Å². The van der Waals surface area contributed by atoms with Crippen LogP contribution in [0.1, 0.15) is 12.5 Å². The van der Waals surface area contributed by atoms with Gasteiger partial charge in [0, 0.05) is 5.57 Å². The van der Waals surface area contributed by atoms with Gasteiger partial charge in [-0.25, -0.2) is 0 Å². The van der Waals surface area contributed by atoms with Gasteiger partial charge < -0.3 is 5.73 Å². The van der Waals surface area contributed by atoms with Crippen molar-refractivity contribution in [3.8, 4) is 0 Å². The summed E-state index contributed by atoms with van der Waals surface area (Å²) in [6.45, 7) is 1.73. The van der Waals surface area contributed by atoms with E-state index in [1.165, 1.54) is 5.56 Å². The number of hydrogen-bond acceptors (Lipinski definition) is 1. The van der Waals surface area contributed by atoms with Crippen molar-refractivity contribution in [2.75, 3.05) is 0 Å². The number of benzene rings is 1. The quantitative estimate of drug-likeness (QED) is 0.697. The molecule has 0 aromatic heterocycles. The van der Waals surface area contributed by atoms with E-state index < -0.39 is 0 Å². The third kappa shape index (κ3) is 3.11. The van der Waals surface area contributed by atoms with E-state index in [2.05, 4.69) is 0 Å². The Morgan fingerprint density at radius 3 is 2.54 bits per heavy atom. The normalized spacial score (nSPS) is 11.3. The maximum absolute atomic E-state index is 10.7. The van der Waals surface area contributed by atoms with Gasteiger partial charge in [-0.05, 0) is 18.9 Å². The summed E-state index contributed by atoms with van der Waals surface area (Å²) in [5.74, 6) is -0.351. The Bertz CT molecular complexity index is 314. The minimum Gasteiger partial charge on any atom is -0.366 e. The highest BCUT2D eigenvalue weighted by molar-refractivity contribution is 5.91. The monoisotopic (exact) mass is 175 g/mol. The van der Waals surface area contributed by atoms with Crippen LogP contribution in [0.3, 0.4) is 0 Å². The molecular formula is C11H13NO. The van der Waals surface area contributed by atoms with Gasteiger partial charge in [0.2, 0.25) is 5.91 Å². The van der Waals surface area contributed by atoms with E-state index >= 15 is 0 Å². The maximum Gasteiger partial charge on any atom is 0.244 e. The van der Waals surface area contributed by atoms with Gasteiger partial charge in [-0.3, -0.25) is 4.79 Å². The highest BCUT2D eigenvalue weighted by atomic mass is 16.1. The molecule has 68 valence electrons. The molecule has 2 N–H and O–H groups in total. The van der Waals surface area contributed by atoms with Gasteiger partial charge in [-0.15, -0.1) is 0 Å². The van der Waals surface area contributed by atoms with Crippen LogP contribution < -0.4 is 5.73 Å². The van der Waals surface area contributed by atoms with Crippen LogP contribution in [-0.4, -0.2) is 5.91 Å². The van der Waals surface area contributed by atoms with Crippen LogP contribution in [0.15, 0.2) is 42.0 Å². The first-order valence-electron chi connectivity index (χ1n) is 4.20. The molecule has 2 heteroatoms. The van der Waals surface area contributed by atoms with Crippen LogP contribution in [0.25, 0.3) is 0 Å². The van der Waals surface area contributed by atoms with E-state index in [-0.39, 0.29) is 5.91 Å². The first-order chi connectivity index (χ1) is 6.20. The molecule has 0 fully saturated rings. The van der Waals surface area contributed by atoms with Crippen molar-refractivity contribution in [3.05, 3.63) is 47.5 Å². The molecule has 1 aromatic carbocycles. The zero-order chi connectivity index (χ0) is 9.68. The van der Waals surface area contributed by atoms with Crippen LogP contribution in [-0.2, 0) is 11.2 Å². The highest BCUT2D eigenvalue weighted by Gasteiger charge is 1.95. The van der Waals surface area contributed by atoms with Crippen LogP contribution in [0.5, 0.6) is 0 Å². The Kier molecular flexibility index (Phi) is 3.26. The third-order valence-corrected chi connectivity index (χ3v) is 1.88. The summed E-state index contributed by atoms with van der Waals surface area (Å²) >= 11 is 0. The Labute approximate surface area is 78.1 Å². The molecule has 0 bridgehead atoms. The first kappa shape index (κ1) is 9.52. The number of rotatable bonds is 3. The molecule has 0 aliphatic carbocycles. The van der Waals surface area contributed by atoms with E-state index in [0.29, 0.717) is 5.57 Å². The maximum atomic E-state index is 10.7. The zero-order valence-corrected chi connectivity index (χ0v) is 7.66. The lowest BCUT2D eigenvalue weighted by Crippen LogP contribution is -2.11. The van der Waals surface area contributed by atoms with Crippen LogP contribution in [0, 0.1) is 0 Å². The molecule has 0 atom stereocenters. The van der Waals surface area contributed by atoms with Crippen molar-refractivity contribution in [1.29, 1.82) is 0 Å². The molecular weight excluding hydrogens is 162 g/mol. The summed E-state index contributed by atoms with van der Waals surface area (Å²) in [7, 11) is 0. The van der Waals surface area contributed by atoms with Gasteiger partial charge in [-0.2, -0.15) is 0 Å². The summed E-state index contributed by atoms with van der Waals surface area (Å²) in [4.78, 5) is 10.7. The molecule has 0 unspecified atom stereocenters. The number of hydrogen-bond donors (Lipinski definition) is 1. The fourth-order valence-corrected chi connectivity index (χ4v) is 0.986. The smallest absolute Gasteiger partial charge is 0.244 e. The first-order valence-corrected chi connectivity index (χ1v) is 4.20.